The Labute approximate surface area is 132 Å². The van der Waals surface area contributed by atoms with Crippen molar-refractivity contribution in [3.05, 3.63) is 34.9 Å². The third-order valence-corrected chi connectivity index (χ3v) is 5.69. The maximum absolute atomic E-state index is 12.8. The molecule has 2 aliphatic rings. The van der Waals surface area contributed by atoms with Gasteiger partial charge in [-0.25, -0.2) is 0 Å². The predicted molar refractivity (Wildman–Crippen MR) is 86.0 cm³/mol. The molecular weight excluding hydrogens is 272 g/mol. The average Bonchev–Trinajstić information content (AvgIpc) is 3.07. The van der Waals surface area contributed by atoms with Crippen LogP contribution in [0.25, 0.3) is 0 Å². The third kappa shape index (κ3) is 2.31. The standard InChI is InChI=1S/C19H24N2O/c1-12-4-7-17(13(2)8-12)14(3)21-18(22)19(11-20)10-15-5-6-16(19)9-15/h4,7-8,14-16H,5-6,9-10H2,1-3H3,(H,21,22). The van der Waals surface area contributed by atoms with Crippen molar-refractivity contribution in [2.24, 2.45) is 17.3 Å². The van der Waals surface area contributed by atoms with Gasteiger partial charge in [-0.15, -0.1) is 0 Å². The minimum atomic E-state index is -0.782. The van der Waals surface area contributed by atoms with Crippen LogP contribution in [0.5, 0.6) is 0 Å². The molecule has 1 aromatic carbocycles. The van der Waals surface area contributed by atoms with Crippen LogP contribution in [0, 0.1) is 42.4 Å². The van der Waals surface area contributed by atoms with Crippen molar-refractivity contribution in [3.8, 4) is 6.07 Å². The first-order valence-electron chi connectivity index (χ1n) is 8.25. The van der Waals surface area contributed by atoms with Crippen molar-refractivity contribution in [1.82, 2.24) is 5.32 Å². The third-order valence-electron chi connectivity index (χ3n) is 5.69. The van der Waals surface area contributed by atoms with E-state index in [0.29, 0.717) is 5.92 Å². The summed E-state index contributed by atoms with van der Waals surface area (Å²) in [6.07, 6.45) is 4.02. The highest BCUT2D eigenvalue weighted by atomic mass is 16.2. The molecule has 2 saturated carbocycles. The van der Waals surface area contributed by atoms with E-state index in [1.165, 1.54) is 17.5 Å². The van der Waals surface area contributed by atoms with Crippen LogP contribution >= 0.6 is 0 Å². The van der Waals surface area contributed by atoms with Gasteiger partial charge in [-0.1, -0.05) is 30.2 Å². The quantitative estimate of drug-likeness (QED) is 0.922. The van der Waals surface area contributed by atoms with Crippen LogP contribution < -0.4 is 5.32 Å². The van der Waals surface area contributed by atoms with Crippen LogP contribution in [0.2, 0.25) is 0 Å². The highest BCUT2D eigenvalue weighted by Crippen LogP contribution is 2.55. The second-order valence-corrected chi connectivity index (χ2v) is 7.22. The SMILES string of the molecule is Cc1ccc(C(C)NC(=O)C2(C#N)CC3CCC2C3)c(C)c1. The number of carbonyl (C=O) groups is 1. The fourth-order valence-electron chi connectivity index (χ4n) is 4.51. The minimum absolute atomic E-state index is 0.0579. The van der Waals surface area contributed by atoms with Gasteiger partial charge in [0.1, 0.15) is 5.41 Å². The Hall–Kier alpha value is -1.82. The fourth-order valence-corrected chi connectivity index (χ4v) is 4.51. The monoisotopic (exact) mass is 296 g/mol. The Morgan fingerprint density at radius 2 is 2.18 bits per heavy atom. The van der Waals surface area contributed by atoms with Gasteiger partial charge in [-0.3, -0.25) is 4.79 Å². The van der Waals surface area contributed by atoms with Crippen LogP contribution in [-0.2, 0) is 4.79 Å². The fraction of sp³-hybridized carbons (Fsp3) is 0.579. The van der Waals surface area contributed by atoms with Gasteiger partial charge >= 0.3 is 0 Å². The summed E-state index contributed by atoms with van der Waals surface area (Å²) < 4.78 is 0. The molecule has 3 nitrogen and oxygen atoms in total. The van der Waals surface area contributed by atoms with Crippen LogP contribution in [0.15, 0.2) is 18.2 Å². The number of nitrogens with one attached hydrogen (secondary N) is 1. The molecule has 0 radical (unpaired) electrons. The van der Waals surface area contributed by atoms with E-state index in [-0.39, 0.29) is 17.9 Å². The lowest BCUT2D eigenvalue weighted by Gasteiger charge is -2.31. The van der Waals surface area contributed by atoms with Gasteiger partial charge in [0.25, 0.3) is 0 Å². The molecule has 2 bridgehead atoms. The average molecular weight is 296 g/mol. The summed E-state index contributed by atoms with van der Waals surface area (Å²) >= 11 is 0. The summed E-state index contributed by atoms with van der Waals surface area (Å²) in [5.41, 5.74) is 2.76. The number of rotatable bonds is 3. The lowest BCUT2D eigenvalue weighted by Crippen LogP contribution is -2.44. The van der Waals surface area contributed by atoms with E-state index in [1.54, 1.807) is 0 Å². The Morgan fingerprint density at radius 1 is 1.41 bits per heavy atom. The zero-order chi connectivity index (χ0) is 15.9. The topological polar surface area (TPSA) is 52.9 Å². The van der Waals surface area contributed by atoms with E-state index in [0.717, 1.165) is 24.8 Å². The van der Waals surface area contributed by atoms with E-state index in [2.05, 4.69) is 43.4 Å². The second kappa shape index (κ2) is 5.43. The van der Waals surface area contributed by atoms with Crippen molar-refractivity contribution in [1.29, 1.82) is 5.26 Å². The molecule has 2 aliphatic carbocycles. The summed E-state index contributed by atoms with van der Waals surface area (Å²) in [5.74, 6) is 0.773. The van der Waals surface area contributed by atoms with Gasteiger partial charge in [-0.2, -0.15) is 5.26 Å². The first-order chi connectivity index (χ1) is 10.5. The summed E-state index contributed by atoms with van der Waals surface area (Å²) in [7, 11) is 0. The second-order valence-electron chi connectivity index (χ2n) is 7.22. The molecule has 1 amide bonds. The molecule has 116 valence electrons. The van der Waals surface area contributed by atoms with Crippen molar-refractivity contribution in [2.45, 2.75) is 52.5 Å². The molecule has 1 N–H and O–H groups in total. The highest BCUT2D eigenvalue weighted by molar-refractivity contribution is 5.86. The molecule has 0 spiro atoms. The Kier molecular flexibility index (Phi) is 3.72. The smallest absolute Gasteiger partial charge is 0.241 e. The largest absolute Gasteiger partial charge is 0.348 e. The van der Waals surface area contributed by atoms with E-state index in [1.807, 2.05) is 6.92 Å². The van der Waals surface area contributed by atoms with Crippen molar-refractivity contribution >= 4 is 5.91 Å². The maximum atomic E-state index is 12.8. The maximum Gasteiger partial charge on any atom is 0.241 e. The van der Waals surface area contributed by atoms with Gasteiger partial charge in [0.15, 0.2) is 0 Å². The first-order valence-corrected chi connectivity index (χ1v) is 8.25. The van der Waals surface area contributed by atoms with E-state index in [9.17, 15) is 10.1 Å². The highest BCUT2D eigenvalue weighted by Gasteiger charge is 2.56. The van der Waals surface area contributed by atoms with Gasteiger partial charge in [-0.05, 0) is 63.0 Å². The molecule has 3 heteroatoms. The van der Waals surface area contributed by atoms with Crippen LogP contribution in [0.1, 0.15) is 55.3 Å². The Bertz CT molecular complexity index is 645. The van der Waals surface area contributed by atoms with Crippen LogP contribution in [-0.4, -0.2) is 5.91 Å². The molecule has 3 rings (SSSR count). The molecule has 0 heterocycles. The molecule has 0 aromatic heterocycles. The molecule has 4 atom stereocenters. The molecule has 4 unspecified atom stereocenters. The Morgan fingerprint density at radius 3 is 2.73 bits per heavy atom. The number of hydrogen-bond donors (Lipinski definition) is 1. The summed E-state index contributed by atoms with van der Waals surface area (Å²) in [6.45, 7) is 6.15. The Balaban J connectivity index is 1.78. The molecule has 0 aliphatic heterocycles. The van der Waals surface area contributed by atoms with Crippen LogP contribution in [0.3, 0.4) is 0 Å². The van der Waals surface area contributed by atoms with Gasteiger partial charge in [0.2, 0.25) is 5.91 Å². The van der Waals surface area contributed by atoms with Crippen molar-refractivity contribution in [2.75, 3.05) is 0 Å². The summed E-state index contributed by atoms with van der Waals surface area (Å²) in [4.78, 5) is 12.8. The summed E-state index contributed by atoms with van der Waals surface area (Å²) in [5, 5.41) is 12.8. The zero-order valence-corrected chi connectivity index (χ0v) is 13.6. The first kappa shape index (κ1) is 15.1. The van der Waals surface area contributed by atoms with E-state index in [4.69, 9.17) is 0 Å². The zero-order valence-electron chi connectivity index (χ0n) is 13.6. The number of aryl methyl sites for hydroxylation is 2. The molecule has 2 fully saturated rings. The number of benzene rings is 1. The van der Waals surface area contributed by atoms with Crippen molar-refractivity contribution < 1.29 is 4.79 Å². The van der Waals surface area contributed by atoms with Gasteiger partial charge in [0.05, 0.1) is 12.1 Å². The number of nitrogens with zero attached hydrogens (tertiary/aromatic N) is 1. The van der Waals surface area contributed by atoms with Crippen molar-refractivity contribution in [3.63, 3.8) is 0 Å². The van der Waals surface area contributed by atoms with E-state index >= 15 is 0 Å². The normalized spacial score (nSPS) is 30.8. The molecule has 1 aromatic rings. The molecule has 22 heavy (non-hydrogen) atoms. The number of carbonyl (C=O) groups excluding carboxylic acids is 1. The number of hydrogen-bond acceptors (Lipinski definition) is 2. The number of fused-ring (bicyclic) bond motifs is 2. The van der Waals surface area contributed by atoms with Gasteiger partial charge in [0, 0.05) is 0 Å². The van der Waals surface area contributed by atoms with Crippen LogP contribution in [0.4, 0.5) is 0 Å². The lowest BCUT2D eigenvalue weighted by atomic mass is 9.73. The minimum Gasteiger partial charge on any atom is -0.348 e. The van der Waals surface area contributed by atoms with Gasteiger partial charge < -0.3 is 5.32 Å². The molecular formula is C19H24N2O. The summed E-state index contributed by atoms with van der Waals surface area (Å²) in [6, 6.07) is 8.60. The predicted octanol–water partition coefficient (Wildman–Crippen LogP) is 3.81. The number of nitriles is 1. The van der Waals surface area contributed by atoms with E-state index < -0.39 is 5.41 Å². The lowest BCUT2D eigenvalue weighted by molar-refractivity contribution is -0.131. The molecule has 0 saturated heterocycles. The number of amides is 1.